The molecule has 24 heavy (non-hydrogen) atoms. The molecule has 130 valence electrons. The number of benzene rings is 1. The average Bonchev–Trinajstić information content (AvgIpc) is 3.34. The number of nitrogens with one attached hydrogen (secondary N) is 2. The number of aliphatic hydroxyl groups excluding tert-OH is 1. The van der Waals surface area contributed by atoms with Crippen LogP contribution in [0.5, 0.6) is 0 Å². The number of carbonyl (C=O) groups is 2. The van der Waals surface area contributed by atoms with Crippen LogP contribution in [0.3, 0.4) is 0 Å². The molecule has 2 saturated carbocycles. The van der Waals surface area contributed by atoms with Crippen LogP contribution in [0.1, 0.15) is 42.5 Å². The van der Waals surface area contributed by atoms with E-state index in [4.69, 9.17) is 11.6 Å². The molecule has 0 bridgehead atoms. The smallest absolute Gasteiger partial charge is 0.251 e. The number of rotatable bonds is 5. The molecular weight excluding hydrogens is 328 g/mol. The highest BCUT2D eigenvalue weighted by Gasteiger charge is 2.43. The van der Waals surface area contributed by atoms with E-state index in [1.165, 1.54) is 0 Å². The summed E-state index contributed by atoms with van der Waals surface area (Å²) in [7, 11) is 0. The molecule has 0 heterocycles. The topological polar surface area (TPSA) is 78.4 Å². The van der Waals surface area contributed by atoms with Crippen LogP contribution >= 0.6 is 11.6 Å². The van der Waals surface area contributed by atoms with E-state index in [0.717, 1.165) is 32.1 Å². The second-order valence-corrected chi connectivity index (χ2v) is 7.27. The molecule has 0 aromatic heterocycles. The molecule has 0 spiro atoms. The number of carbonyl (C=O) groups excluding carboxylic acids is 2. The van der Waals surface area contributed by atoms with Crippen LogP contribution in [-0.4, -0.2) is 35.6 Å². The van der Waals surface area contributed by atoms with Crippen molar-refractivity contribution < 1.29 is 14.7 Å². The molecule has 2 unspecified atom stereocenters. The van der Waals surface area contributed by atoms with E-state index >= 15 is 0 Å². The lowest BCUT2D eigenvalue weighted by molar-refractivity contribution is -0.123. The molecule has 3 N–H and O–H groups in total. The first-order valence-electron chi connectivity index (χ1n) is 8.55. The molecule has 1 aromatic rings. The largest absolute Gasteiger partial charge is 0.393 e. The predicted molar refractivity (Wildman–Crippen MR) is 91.8 cm³/mol. The van der Waals surface area contributed by atoms with Gasteiger partial charge in [0.2, 0.25) is 5.91 Å². The van der Waals surface area contributed by atoms with Crippen molar-refractivity contribution in [3.63, 3.8) is 0 Å². The number of hydrogen-bond acceptors (Lipinski definition) is 3. The molecule has 0 aliphatic heterocycles. The Morgan fingerprint density at radius 1 is 1.21 bits per heavy atom. The Labute approximate surface area is 146 Å². The summed E-state index contributed by atoms with van der Waals surface area (Å²) >= 11 is 5.88. The molecule has 6 heteroatoms. The Morgan fingerprint density at radius 2 is 1.96 bits per heavy atom. The van der Waals surface area contributed by atoms with Crippen LogP contribution in [0.25, 0.3) is 0 Å². The fraction of sp³-hybridized carbons (Fsp3) is 0.556. The van der Waals surface area contributed by atoms with E-state index in [1.54, 1.807) is 24.3 Å². The third kappa shape index (κ3) is 4.48. The van der Waals surface area contributed by atoms with Crippen molar-refractivity contribution in [2.75, 3.05) is 6.54 Å². The first kappa shape index (κ1) is 17.2. The summed E-state index contributed by atoms with van der Waals surface area (Å²) in [5, 5.41) is 16.0. The third-order valence-corrected chi connectivity index (χ3v) is 5.15. The van der Waals surface area contributed by atoms with Gasteiger partial charge in [-0.05, 0) is 56.2 Å². The predicted octanol–water partition coefficient (Wildman–Crippen LogP) is 2.13. The van der Waals surface area contributed by atoms with E-state index in [-0.39, 0.29) is 35.8 Å². The SMILES string of the molecule is O=C(NCC1CC1C(=O)NC1CCC(O)CC1)c1cccc(Cl)c1. The van der Waals surface area contributed by atoms with Gasteiger partial charge in [0.05, 0.1) is 6.10 Å². The quantitative estimate of drug-likeness (QED) is 0.761. The molecule has 0 saturated heterocycles. The molecule has 2 aliphatic rings. The lowest BCUT2D eigenvalue weighted by Crippen LogP contribution is -2.40. The minimum Gasteiger partial charge on any atom is -0.393 e. The summed E-state index contributed by atoms with van der Waals surface area (Å²) in [5.41, 5.74) is 0.532. The second-order valence-electron chi connectivity index (χ2n) is 6.84. The Hall–Kier alpha value is -1.59. The Kier molecular flexibility index (Phi) is 5.41. The minimum atomic E-state index is -0.214. The van der Waals surface area contributed by atoms with E-state index in [9.17, 15) is 14.7 Å². The summed E-state index contributed by atoms with van der Waals surface area (Å²) in [6.07, 6.45) is 3.81. The van der Waals surface area contributed by atoms with Crippen molar-refractivity contribution in [3.05, 3.63) is 34.9 Å². The summed E-state index contributed by atoms with van der Waals surface area (Å²) in [6.45, 7) is 0.507. The molecule has 2 amide bonds. The van der Waals surface area contributed by atoms with Gasteiger partial charge >= 0.3 is 0 Å². The van der Waals surface area contributed by atoms with Gasteiger partial charge in [0, 0.05) is 29.1 Å². The zero-order valence-corrected chi connectivity index (χ0v) is 14.3. The van der Waals surface area contributed by atoms with Gasteiger partial charge in [-0.1, -0.05) is 17.7 Å². The van der Waals surface area contributed by atoms with Gasteiger partial charge in [0.25, 0.3) is 5.91 Å². The maximum absolute atomic E-state index is 12.2. The minimum absolute atomic E-state index is 0.00323. The summed E-state index contributed by atoms with van der Waals surface area (Å²) in [6, 6.07) is 7.00. The average molecular weight is 351 g/mol. The highest BCUT2D eigenvalue weighted by molar-refractivity contribution is 6.30. The second kappa shape index (κ2) is 7.53. The highest BCUT2D eigenvalue weighted by Crippen LogP contribution is 2.38. The molecule has 1 aromatic carbocycles. The normalized spacial score (nSPS) is 28.9. The van der Waals surface area contributed by atoms with Crippen molar-refractivity contribution >= 4 is 23.4 Å². The van der Waals surface area contributed by atoms with Gasteiger partial charge in [-0.3, -0.25) is 9.59 Å². The number of aliphatic hydroxyl groups is 1. The van der Waals surface area contributed by atoms with Crippen LogP contribution < -0.4 is 10.6 Å². The van der Waals surface area contributed by atoms with Gasteiger partial charge in [-0.2, -0.15) is 0 Å². The van der Waals surface area contributed by atoms with Gasteiger partial charge in [-0.15, -0.1) is 0 Å². The number of halogens is 1. The molecule has 0 radical (unpaired) electrons. The fourth-order valence-electron chi connectivity index (χ4n) is 3.28. The Bertz CT molecular complexity index is 614. The molecular formula is C18H23ClN2O3. The molecule has 2 aliphatic carbocycles. The maximum Gasteiger partial charge on any atom is 0.251 e. The molecule has 2 fully saturated rings. The van der Waals surface area contributed by atoms with Crippen LogP contribution in [0.15, 0.2) is 24.3 Å². The lowest BCUT2D eigenvalue weighted by Gasteiger charge is -2.26. The van der Waals surface area contributed by atoms with Gasteiger partial charge in [-0.25, -0.2) is 0 Å². The van der Waals surface area contributed by atoms with Gasteiger partial charge in [0.15, 0.2) is 0 Å². The van der Waals surface area contributed by atoms with Crippen LogP contribution in [0, 0.1) is 11.8 Å². The van der Waals surface area contributed by atoms with Crippen molar-refractivity contribution in [1.29, 1.82) is 0 Å². The summed E-state index contributed by atoms with van der Waals surface area (Å²) in [5.74, 6) is 0.127. The lowest BCUT2D eigenvalue weighted by atomic mass is 9.93. The zero-order valence-electron chi connectivity index (χ0n) is 13.5. The molecule has 3 rings (SSSR count). The number of amides is 2. The third-order valence-electron chi connectivity index (χ3n) is 4.91. The zero-order chi connectivity index (χ0) is 17.1. The van der Waals surface area contributed by atoms with Crippen LogP contribution in [0.2, 0.25) is 5.02 Å². The van der Waals surface area contributed by atoms with E-state index in [1.807, 2.05) is 0 Å². The molecule has 5 nitrogen and oxygen atoms in total. The number of hydrogen-bond donors (Lipinski definition) is 3. The standard InChI is InChI=1S/C18H23ClN2O3/c19-13-3-1-2-11(8-13)17(23)20-10-12-9-16(12)18(24)21-14-4-6-15(22)7-5-14/h1-3,8,12,14-16,22H,4-7,9-10H2,(H,20,23)(H,21,24). The van der Waals surface area contributed by atoms with Crippen molar-refractivity contribution in [3.8, 4) is 0 Å². The van der Waals surface area contributed by atoms with Crippen molar-refractivity contribution in [1.82, 2.24) is 10.6 Å². The first-order valence-corrected chi connectivity index (χ1v) is 8.93. The Morgan fingerprint density at radius 3 is 2.67 bits per heavy atom. The van der Waals surface area contributed by atoms with E-state index in [0.29, 0.717) is 17.1 Å². The van der Waals surface area contributed by atoms with Crippen molar-refractivity contribution in [2.45, 2.75) is 44.2 Å². The van der Waals surface area contributed by atoms with E-state index in [2.05, 4.69) is 10.6 Å². The highest BCUT2D eigenvalue weighted by atomic mass is 35.5. The first-order chi connectivity index (χ1) is 11.5. The summed E-state index contributed by atoms with van der Waals surface area (Å²) < 4.78 is 0. The molecule has 2 atom stereocenters. The van der Waals surface area contributed by atoms with Crippen LogP contribution in [-0.2, 0) is 4.79 Å². The fourth-order valence-corrected chi connectivity index (χ4v) is 3.47. The van der Waals surface area contributed by atoms with E-state index < -0.39 is 0 Å². The maximum atomic E-state index is 12.2. The summed E-state index contributed by atoms with van der Waals surface area (Å²) in [4.78, 5) is 24.3. The van der Waals surface area contributed by atoms with Crippen molar-refractivity contribution in [2.24, 2.45) is 11.8 Å². The van der Waals surface area contributed by atoms with Crippen LogP contribution in [0.4, 0.5) is 0 Å². The van der Waals surface area contributed by atoms with Gasteiger partial charge < -0.3 is 15.7 Å². The van der Waals surface area contributed by atoms with Gasteiger partial charge in [0.1, 0.15) is 0 Å². The Balaban J connectivity index is 1.39. The monoisotopic (exact) mass is 350 g/mol.